The van der Waals surface area contributed by atoms with Gasteiger partial charge in [0.15, 0.2) is 5.78 Å². The average Bonchev–Trinajstić information content (AvgIpc) is 2.83. The Morgan fingerprint density at radius 2 is 1.74 bits per heavy atom. The highest BCUT2D eigenvalue weighted by Crippen LogP contribution is 2.30. The lowest BCUT2D eigenvalue weighted by molar-refractivity contribution is -0.114. The zero-order chi connectivity index (χ0) is 16.4. The summed E-state index contributed by atoms with van der Waals surface area (Å²) in [5.74, 6) is -1.18. The molecule has 1 aliphatic rings. The number of amidine groups is 1. The van der Waals surface area contributed by atoms with Crippen LogP contribution in [0.2, 0.25) is 5.02 Å². The summed E-state index contributed by atoms with van der Waals surface area (Å²) in [5, 5.41) is 8.13. The summed E-state index contributed by atoms with van der Waals surface area (Å²) in [6, 6.07) is 14.7. The molecule has 1 N–H and O–H groups in total. The first-order valence-corrected chi connectivity index (χ1v) is 7.12. The minimum atomic E-state index is -0.604. The Labute approximate surface area is 137 Å². The van der Waals surface area contributed by atoms with E-state index in [1.165, 1.54) is 0 Å². The van der Waals surface area contributed by atoms with Gasteiger partial charge < -0.3 is 4.74 Å². The van der Waals surface area contributed by atoms with Crippen molar-refractivity contribution in [3.05, 3.63) is 77.0 Å². The molecule has 0 bridgehead atoms. The Kier molecular flexibility index (Phi) is 3.95. The molecular formula is C17H11ClN2O3. The Morgan fingerprint density at radius 3 is 2.43 bits per heavy atom. The third kappa shape index (κ3) is 2.86. The fraction of sp³-hybridized carbons (Fsp3) is 0. The largest absolute Gasteiger partial charge is 0.419 e. The summed E-state index contributed by atoms with van der Waals surface area (Å²) in [7, 11) is 0. The number of carbonyl (C=O) groups excluding carboxylic acids is 2. The Morgan fingerprint density at radius 1 is 1.09 bits per heavy atom. The standard InChI is InChI=1S/C17H11ClN2O3/c18-12-8-4-5-9-13(12)20-16(22)15(23-17(20)19)10-14(21)11-6-2-1-3-7-11/h1-10,19H/b15-10-,19-17?. The number of nitrogens with zero attached hydrogens (tertiary/aromatic N) is 1. The van der Waals surface area contributed by atoms with E-state index in [1.54, 1.807) is 54.6 Å². The normalized spacial score (nSPS) is 15.9. The van der Waals surface area contributed by atoms with E-state index in [-0.39, 0.29) is 11.5 Å². The Bertz CT molecular complexity index is 831. The van der Waals surface area contributed by atoms with E-state index < -0.39 is 11.9 Å². The van der Waals surface area contributed by atoms with Gasteiger partial charge in [0.25, 0.3) is 0 Å². The highest BCUT2D eigenvalue weighted by Gasteiger charge is 2.36. The van der Waals surface area contributed by atoms with Gasteiger partial charge in [0, 0.05) is 11.6 Å². The minimum Gasteiger partial charge on any atom is -0.419 e. The number of hydrogen-bond acceptors (Lipinski definition) is 4. The SMILES string of the molecule is N=C1O/C(=C\C(=O)c2ccccc2)C(=O)N1c1ccccc1Cl. The lowest BCUT2D eigenvalue weighted by atomic mass is 10.1. The van der Waals surface area contributed by atoms with Crippen molar-refractivity contribution < 1.29 is 14.3 Å². The van der Waals surface area contributed by atoms with Crippen molar-refractivity contribution >= 4 is 35.0 Å². The molecule has 0 aromatic heterocycles. The number of carbonyl (C=O) groups is 2. The van der Waals surface area contributed by atoms with Gasteiger partial charge in [0.05, 0.1) is 10.7 Å². The maximum Gasteiger partial charge on any atom is 0.302 e. The molecule has 0 saturated carbocycles. The molecule has 0 atom stereocenters. The van der Waals surface area contributed by atoms with E-state index in [9.17, 15) is 9.59 Å². The molecule has 2 aromatic carbocycles. The highest BCUT2D eigenvalue weighted by molar-refractivity contribution is 6.36. The maximum atomic E-state index is 12.4. The molecule has 0 unspecified atom stereocenters. The van der Waals surface area contributed by atoms with Gasteiger partial charge in [-0.2, -0.15) is 0 Å². The van der Waals surface area contributed by atoms with E-state index in [0.29, 0.717) is 16.3 Å². The molecule has 1 heterocycles. The van der Waals surface area contributed by atoms with E-state index in [2.05, 4.69) is 0 Å². The highest BCUT2D eigenvalue weighted by atomic mass is 35.5. The summed E-state index contributed by atoms with van der Waals surface area (Å²) in [6.07, 6.45) is 1.09. The van der Waals surface area contributed by atoms with Crippen LogP contribution in [0.15, 0.2) is 66.4 Å². The van der Waals surface area contributed by atoms with Gasteiger partial charge >= 0.3 is 11.9 Å². The molecule has 1 saturated heterocycles. The summed E-state index contributed by atoms with van der Waals surface area (Å²) in [6.45, 7) is 0. The quantitative estimate of drug-likeness (QED) is 0.694. The van der Waals surface area contributed by atoms with Gasteiger partial charge in [-0.05, 0) is 12.1 Å². The predicted molar refractivity (Wildman–Crippen MR) is 86.6 cm³/mol. The summed E-state index contributed by atoms with van der Waals surface area (Å²) >= 11 is 6.05. The number of benzene rings is 2. The van der Waals surface area contributed by atoms with Crippen LogP contribution in [0.5, 0.6) is 0 Å². The zero-order valence-corrected chi connectivity index (χ0v) is 12.6. The van der Waals surface area contributed by atoms with Gasteiger partial charge in [0.2, 0.25) is 5.76 Å². The number of ether oxygens (including phenoxy) is 1. The van der Waals surface area contributed by atoms with Crippen molar-refractivity contribution in [1.29, 1.82) is 5.41 Å². The number of halogens is 1. The second-order valence-corrected chi connectivity index (χ2v) is 5.15. The molecule has 2 aromatic rings. The average molecular weight is 327 g/mol. The number of rotatable bonds is 3. The number of para-hydroxylation sites is 1. The Balaban J connectivity index is 1.91. The minimum absolute atomic E-state index is 0.205. The maximum absolute atomic E-state index is 12.4. The van der Waals surface area contributed by atoms with Crippen LogP contribution < -0.4 is 4.90 Å². The zero-order valence-electron chi connectivity index (χ0n) is 11.8. The molecule has 5 nitrogen and oxygen atoms in total. The van der Waals surface area contributed by atoms with E-state index >= 15 is 0 Å². The predicted octanol–water partition coefficient (Wildman–Crippen LogP) is 3.40. The van der Waals surface area contributed by atoms with Crippen LogP contribution in [0, 0.1) is 5.41 Å². The summed E-state index contributed by atoms with van der Waals surface area (Å²) in [4.78, 5) is 25.6. The van der Waals surface area contributed by atoms with Crippen molar-refractivity contribution in [2.24, 2.45) is 0 Å². The van der Waals surface area contributed by atoms with Crippen LogP contribution in [-0.2, 0) is 9.53 Å². The molecule has 114 valence electrons. The van der Waals surface area contributed by atoms with Crippen LogP contribution in [0.4, 0.5) is 5.69 Å². The number of allylic oxidation sites excluding steroid dienone is 1. The molecule has 3 rings (SSSR count). The fourth-order valence-electron chi connectivity index (χ4n) is 2.14. The van der Waals surface area contributed by atoms with Gasteiger partial charge in [-0.25, -0.2) is 4.90 Å². The van der Waals surface area contributed by atoms with Crippen molar-refractivity contribution in [3.63, 3.8) is 0 Å². The molecule has 1 aliphatic heterocycles. The molecule has 0 spiro atoms. The van der Waals surface area contributed by atoms with Gasteiger partial charge in [-0.1, -0.05) is 54.1 Å². The van der Waals surface area contributed by atoms with Crippen molar-refractivity contribution in [2.45, 2.75) is 0 Å². The van der Waals surface area contributed by atoms with Gasteiger partial charge in [-0.15, -0.1) is 0 Å². The third-order valence-corrected chi connectivity index (χ3v) is 3.56. The molecule has 0 radical (unpaired) electrons. The van der Waals surface area contributed by atoms with Crippen molar-refractivity contribution in [1.82, 2.24) is 0 Å². The number of hydrogen-bond donors (Lipinski definition) is 1. The van der Waals surface area contributed by atoms with Crippen molar-refractivity contribution in [3.8, 4) is 0 Å². The first kappa shape index (κ1) is 15.0. The third-order valence-electron chi connectivity index (χ3n) is 3.24. The lowest BCUT2D eigenvalue weighted by Gasteiger charge is -2.13. The number of anilines is 1. The molecule has 1 amide bonds. The molecule has 6 heteroatoms. The number of nitrogens with one attached hydrogen (secondary N) is 1. The lowest BCUT2D eigenvalue weighted by Crippen LogP contribution is -2.29. The second kappa shape index (κ2) is 6.06. The number of amides is 1. The van der Waals surface area contributed by atoms with Gasteiger partial charge in [-0.3, -0.25) is 15.0 Å². The van der Waals surface area contributed by atoms with E-state index in [0.717, 1.165) is 11.0 Å². The topological polar surface area (TPSA) is 70.5 Å². The smallest absolute Gasteiger partial charge is 0.302 e. The van der Waals surface area contributed by atoms with Crippen LogP contribution in [-0.4, -0.2) is 17.7 Å². The van der Waals surface area contributed by atoms with Crippen LogP contribution >= 0.6 is 11.6 Å². The first-order valence-electron chi connectivity index (χ1n) is 6.74. The van der Waals surface area contributed by atoms with Crippen molar-refractivity contribution in [2.75, 3.05) is 4.90 Å². The Hall–Kier alpha value is -2.92. The van der Waals surface area contributed by atoms with Crippen LogP contribution in [0.25, 0.3) is 0 Å². The van der Waals surface area contributed by atoms with E-state index in [4.69, 9.17) is 21.7 Å². The van der Waals surface area contributed by atoms with Crippen LogP contribution in [0.3, 0.4) is 0 Å². The van der Waals surface area contributed by atoms with E-state index in [1.807, 2.05) is 0 Å². The molecular weight excluding hydrogens is 316 g/mol. The molecule has 23 heavy (non-hydrogen) atoms. The van der Waals surface area contributed by atoms with Crippen LogP contribution in [0.1, 0.15) is 10.4 Å². The summed E-state index contributed by atoms with van der Waals surface area (Å²) in [5.41, 5.74) is 0.763. The second-order valence-electron chi connectivity index (χ2n) is 4.74. The summed E-state index contributed by atoms with van der Waals surface area (Å²) < 4.78 is 5.13. The molecule has 1 fully saturated rings. The molecule has 0 aliphatic carbocycles. The monoisotopic (exact) mass is 326 g/mol. The number of ketones is 1. The fourth-order valence-corrected chi connectivity index (χ4v) is 2.36. The van der Waals surface area contributed by atoms with Gasteiger partial charge in [0.1, 0.15) is 0 Å². The first-order chi connectivity index (χ1) is 11.1.